The van der Waals surface area contributed by atoms with Gasteiger partial charge in [0.15, 0.2) is 5.75 Å². The highest BCUT2D eigenvalue weighted by Gasteiger charge is 2.26. The monoisotopic (exact) mass is 447 g/mol. The van der Waals surface area contributed by atoms with Gasteiger partial charge in [-0.25, -0.2) is 4.98 Å². The molecule has 2 heterocycles. The lowest BCUT2D eigenvalue weighted by molar-refractivity contribution is -0.385. The van der Waals surface area contributed by atoms with Gasteiger partial charge in [0.05, 0.1) is 9.85 Å². The first-order valence-electron chi connectivity index (χ1n) is 9.26. The molecule has 4 aromatic rings. The van der Waals surface area contributed by atoms with Crippen LogP contribution < -0.4 is 15.6 Å². The predicted octanol–water partition coefficient (Wildman–Crippen LogP) is 3.39. The summed E-state index contributed by atoms with van der Waals surface area (Å²) in [4.78, 5) is 45.4. The molecule has 13 nitrogen and oxygen atoms in total. The van der Waals surface area contributed by atoms with E-state index in [1.165, 1.54) is 18.2 Å². The van der Waals surface area contributed by atoms with E-state index >= 15 is 0 Å². The fraction of sp³-hybridized carbons (Fsp3) is 0. The Labute approximate surface area is 184 Å². The zero-order valence-corrected chi connectivity index (χ0v) is 16.5. The number of para-hydroxylation sites is 1. The van der Waals surface area contributed by atoms with Gasteiger partial charge in [-0.05, 0) is 18.2 Å². The number of non-ortho nitro benzene ring substituents is 1. The molecule has 0 bridgehead atoms. The second kappa shape index (κ2) is 8.89. The summed E-state index contributed by atoms with van der Waals surface area (Å²) in [5, 5.41) is 23.4. The largest absolute Gasteiger partial charge is 0.431 e. The van der Waals surface area contributed by atoms with Crippen LogP contribution in [0.15, 0.2) is 67.1 Å². The SMILES string of the molecule is O=C(NNc1ncnc(Oc2cccc3cccnc23)c1[N+](=O)[O-])c1cccc([N+](=O)[O-])c1. The molecule has 33 heavy (non-hydrogen) atoms. The van der Waals surface area contributed by atoms with Gasteiger partial charge in [0.1, 0.15) is 11.8 Å². The zero-order chi connectivity index (χ0) is 23.4. The lowest BCUT2D eigenvalue weighted by atomic mass is 10.2. The molecule has 1 amide bonds. The van der Waals surface area contributed by atoms with E-state index < -0.39 is 21.4 Å². The Morgan fingerprint density at radius 3 is 2.52 bits per heavy atom. The molecule has 2 aromatic carbocycles. The maximum atomic E-state index is 12.3. The number of amides is 1. The van der Waals surface area contributed by atoms with Crippen LogP contribution >= 0.6 is 0 Å². The molecule has 0 fully saturated rings. The highest BCUT2D eigenvalue weighted by atomic mass is 16.6. The lowest BCUT2D eigenvalue weighted by Crippen LogP contribution is -2.30. The quantitative estimate of drug-likeness (QED) is 0.315. The Morgan fingerprint density at radius 2 is 1.73 bits per heavy atom. The molecule has 0 aliphatic carbocycles. The van der Waals surface area contributed by atoms with Crippen LogP contribution in [-0.2, 0) is 0 Å². The van der Waals surface area contributed by atoms with Crippen molar-refractivity contribution in [2.24, 2.45) is 0 Å². The molecule has 4 rings (SSSR count). The van der Waals surface area contributed by atoms with Crippen LogP contribution in [-0.4, -0.2) is 30.7 Å². The van der Waals surface area contributed by atoms with Crippen LogP contribution in [0.25, 0.3) is 10.9 Å². The molecule has 0 aliphatic rings. The van der Waals surface area contributed by atoms with E-state index in [4.69, 9.17) is 4.74 Å². The number of aromatic nitrogens is 3. The number of hydrazine groups is 1. The van der Waals surface area contributed by atoms with Crippen LogP contribution in [0.2, 0.25) is 0 Å². The Morgan fingerprint density at radius 1 is 0.939 bits per heavy atom. The number of nitrogens with zero attached hydrogens (tertiary/aromatic N) is 5. The van der Waals surface area contributed by atoms with Gasteiger partial charge in [0.2, 0.25) is 5.82 Å². The first-order chi connectivity index (χ1) is 15.9. The molecule has 0 saturated carbocycles. The molecule has 2 N–H and O–H groups in total. The topological polar surface area (TPSA) is 175 Å². The molecule has 164 valence electrons. The van der Waals surface area contributed by atoms with Gasteiger partial charge in [-0.2, -0.15) is 4.98 Å². The second-order valence-electron chi connectivity index (χ2n) is 6.45. The number of hydrogen-bond acceptors (Lipinski definition) is 10. The molecule has 2 aromatic heterocycles. The molecule has 13 heteroatoms. The standard InChI is InChI=1S/C20H13N7O6/c28-19(13-5-1-7-14(10-13)26(29)30)25-24-18-17(27(31)32)20(23-11-22-18)33-15-8-2-4-12-6-3-9-21-16(12)15/h1-11H,(H,25,28)(H,22,23,24). The number of benzene rings is 2. The fourth-order valence-corrected chi connectivity index (χ4v) is 2.90. The smallest absolute Gasteiger partial charge is 0.374 e. The maximum absolute atomic E-state index is 12.3. The number of nitro groups is 2. The summed E-state index contributed by atoms with van der Waals surface area (Å²) < 4.78 is 5.68. The van der Waals surface area contributed by atoms with Crippen LogP contribution in [0.1, 0.15) is 10.4 Å². The third kappa shape index (κ3) is 4.46. The molecular formula is C20H13N7O6. The number of hydrogen-bond donors (Lipinski definition) is 2. The Kier molecular flexibility index (Phi) is 5.67. The first kappa shape index (κ1) is 21.0. The Balaban J connectivity index is 1.60. The van der Waals surface area contributed by atoms with Gasteiger partial charge in [-0.15, -0.1) is 0 Å². The van der Waals surface area contributed by atoms with Crippen LogP contribution in [0.4, 0.5) is 17.2 Å². The van der Waals surface area contributed by atoms with Crippen molar-refractivity contribution in [2.45, 2.75) is 0 Å². The summed E-state index contributed by atoms with van der Waals surface area (Å²) in [6.45, 7) is 0. The van der Waals surface area contributed by atoms with E-state index in [-0.39, 0.29) is 28.7 Å². The number of nitro benzene ring substituents is 1. The number of rotatable bonds is 7. The predicted molar refractivity (Wildman–Crippen MR) is 115 cm³/mol. The van der Waals surface area contributed by atoms with E-state index in [9.17, 15) is 25.0 Å². The van der Waals surface area contributed by atoms with Crippen molar-refractivity contribution in [1.29, 1.82) is 0 Å². The number of fused-ring (bicyclic) bond motifs is 1. The summed E-state index contributed by atoms with van der Waals surface area (Å²) in [5.41, 5.74) is 4.09. The van der Waals surface area contributed by atoms with E-state index in [1.807, 2.05) is 0 Å². The van der Waals surface area contributed by atoms with Crippen molar-refractivity contribution in [1.82, 2.24) is 20.4 Å². The number of ether oxygens (including phenoxy) is 1. The third-order valence-electron chi connectivity index (χ3n) is 4.39. The Hall–Kier alpha value is -5.20. The number of nitrogens with one attached hydrogen (secondary N) is 2. The van der Waals surface area contributed by atoms with E-state index in [2.05, 4.69) is 25.8 Å². The van der Waals surface area contributed by atoms with Gasteiger partial charge in [-0.3, -0.25) is 40.9 Å². The molecule has 0 unspecified atom stereocenters. The van der Waals surface area contributed by atoms with E-state index in [1.54, 1.807) is 36.5 Å². The third-order valence-corrected chi connectivity index (χ3v) is 4.39. The van der Waals surface area contributed by atoms with E-state index in [0.29, 0.717) is 5.52 Å². The zero-order valence-electron chi connectivity index (χ0n) is 16.5. The number of carbonyl (C=O) groups is 1. The minimum atomic E-state index is -0.771. The molecule has 0 radical (unpaired) electrons. The molecule has 0 atom stereocenters. The summed E-state index contributed by atoms with van der Waals surface area (Å²) in [5.74, 6) is -1.26. The normalized spacial score (nSPS) is 10.4. The van der Waals surface area contributed by atoms with Crippen molar-refractivity contribution in [3.63, 3.8) is 0 Å². The highest BCUT2D eigenvalue weighted by molar-refractivity contribution is 5.95. The van der Waals surface area contributed by atoms with Crippen LogP contribution in [0, 0.1) is 20.2 Å². The van der Waals surface area contributed by atoms with Gasteiger partial charge >= 0.3 is 11.6 Å². The average Bonchev–Trinajstić information content (AvgIpc) is 2.82. The van der Waals surface area contributed by atoms with E-state index in [0.717, 1.165) is 17.8 Å². The summed E-state index contributed by atoms with van der Waals surface area (Å²) >= 11 is 0. The Bertz CT molecular complexity index is 1390. The number of carbonyl (C=O) groups excluding carboxylic acids is 1. The van der Waals surface area contributed by atoms with Crippen LogP contribution in [0.3, 0.4) is 0 Å². The lowest BCUT2D eigenvalue weighted by Gasteiger charge is -2.11. The summed E-state index contributed by atoms with van der Waals surface area (Å²) in [7, 11) is 0. The average molecular weight is 447 g/mol. The molecule has 0 aliphatic heterocycles. The molecule has 0 saturated heterocycles. The van der Waals surface area contributed by atoms with Gasteiger partial charge in [-0.1, -0.05) is 24.3 Å². The van der Waals surface area contributed by atoms with Crippen molar-refractivity contribution >= 4 is 34.0 Å². The minimum absolute atomic E-state index is 0.0355. The van der Waals surface area contributed by atoms with Crippen molar-refractivity contribution in [2.75, 3.05) is 5.43 Å². The minimum Gasteiger partial charge on any atom is -0.431 e. The summed E-state index contributed by atoms with van der Waals surface area (Å²) in [6.07, 6.45) is 2.57. The van der Waals surface area contributed by atoms with Crippen LogP contribution in [0.5, 0.6) is 11.6 Å². The molecule has 0 spiro atoms. The van der Waals surface area contributed by atoms with Crippen molar-refractivity contribution < 1.29 is 19.4 Å². The number of pyridine rings is 1. The second-order valence-corrected chi connectivity index (χ2v) is 6.45. The number of anilines is 1. The first-order valence-corrected chi connectivity index (χ1v) is 9.26. The maximum Gasteiger partial charge on any atom is 0.374 e. The highest BCUT2D eigenvalue weighted by Crippen LogP contribution is 2.35. The van der Waals surface area contributed by atoms with Gasteiger partial charge in [0.25, 0.3) is 11.6 Å². The van der Waals surface area contributed by atoms with Gasteiger partial charge in [0, 0.05) is 29.3 Å². The van der Waals surface area contributed by atoms with Crippen molar-refractivity contribution in [3.8, 4) is 11.6 Å². The summed E-state index contributed by atoms with van der Waals surface area (Å²) in [6, 6.07) is 13.6. The van der Waals surface area contributed by atoms with Gasteiger partial charge < -0.3 is 4.74 Å². The van der Waals surface area contributed by atoms with Crippen molar-refractivity contribution in [3.05, 3.63) is 92.9 Å². The fourth-order valence-electron chi connectivity index (χ4n) is 2.90. The molecular weight excluding hydrogens is 434 g/mol.